The quantitative estimate of drug-likeness (QED) is 0.729. The normalized spacial score (nSPS) is 9.84. The van der Waals surface area contributed by atoms with E-state index in [1.165, 1.54) is 12.3 Å². The average Bonchev–Trinajstić information content (AvgIpc) is 2.38. The van der Waals surface area contributed by atoms with E-state index in [0.717, 1.165) is 0 Å². The molecule has 0 aromatic carbocycles. The summed E-state index contributed by atoms with van der Waals surface area (Å²) in [5, 5.41) is 2.50. The monoisotopic (exact) mass is 266 g/mol. The second-order valence-electron chi connectivity index (χ2n) is 3.85. The van der Waals surface area contributed by atoms with Gasteiger partial charge in [0.2, 0.25) is 5.91 Å². The van der Waals surface area contributed by atoms with Crippen molar-refractivity contribution < 1.29 is 14.3 Å². The van der Waals surface area contributed by atoms with Gasteiger partial charge >= 0.3 is 5.97 Å². The molecule has 0 saturated heterocycles. The molecule has 1 heterocycles. The number of carbonyl (C=O) groups excluding carboxylic acids is 2. The van der Waals surface area contributed by atoms with Crippen molar-refractivity contribution >= 4 is 23.4 Å². The molecule has 0 unspecified atom stereocenters. The lowest BCUT2D eigenvalue weighted by Gasteiger charge is -2.19. The molecule has 0 fully saturated rings. The van der Waals surface area contributed by atoms with Crippen LogP contribution in [0.25, 0.3) is 0 Å². The number of rotatable bonds is 5. The van der Waals surface area contributed by atoms with E-state index in [2.05, 4.69) is 10.3 Å². The molecule has 3 N–H and O–H groups in total. The zero-order valence-corrected chi connectivity index (χ0v) is 11.3. The molecule has 104 valence electrons. The summed E-state index contributed by atoms with van der Waals surface area (Å²) in [6.07, 6.45) is 1.46. The molecule has 0 bridgehead atoms. The first-order valence-corrected chi connectivity index (χ1v) is 5.84. The predicted octanol–water partition coefficient (Wildman–Crippen LogP) is 0.0227. The zero-order valence-electron chi connectivity index (χ0n) is 11.3. The lowest BCUT2D eigenvalue weighted by Crippen LogP contribution is -2.34. The van der Waals surface area contributed by atoms with Crippen LogP contribution in [0, 0.1) is 0 Å². The number of hydrogen-bond donors (Lipinski definition) is 2. The van der Waals surface area contributed by atoms with Gasteiger partial charge in [-0.05, 0) is 13.0 Å². The summed E-state index contributed by atoms with van der Waals surface area (Å²) in [5.74, 6) is -0.309. The van der Waals surface area contributed by atoms with Crippen molar-refractivity contribution in [3.8, 4) is 0 Å². The van der Waals surface area contributed by atoms with E-state index in [-0.39, 0.29) is 30.3 Å². The summed E-state index contributed by atoms with van der Waals surface area (Å²) >= 11 is 0. The van der Waals surface area contributed by atoms with Crippen molar-refractivity contribution in [1.82, 2.24) is 10.3 Å². The fourth-order valence-corrected chi connectivity index (χ4v) is 1.52. The Balaban J connectivity index is 3.00. The number of nitrogens with one attached hydrogen (secondary N) is 1. The first kappa shape index (κ1) is 14.7. The van der Waals surface area contributed by atoms with Crippen LogP contribution < -0.4 is 16.0 Å². The van der Waals surface area contributed by atoms with Crippen LogP contribution in [-0.2, 0) is 9.53 Å². The number of pyridine rings is 1. The summed E-state index contributed by atoms with van der Waals surface area (Å²) in [5.41, 5.74) is 6.34. The Labute approximate surface area is 111 Å². The van der Waals surface area contributed by atoms with Crippen molar-refractivity contribution in [2.45, 2.75) is 6.92 Å². The molecule has 7 nitrogen and oxygen atoms in total. The van der Waals surface area contributed by atoms with Gasteiger partial charge < -0.3 is 20.7 Å². The number of nitrogens with zero attached hydrogens (tertiary/aromatic N) is 2. The fourth-order valence-electron chi connectivity index (χ4n) is 1.52. The van der Waals surface area contributed by atoms with E-state index in [4.69, 9.17) is 10.5 Å². The van der Waals surface area contributed by atoms with E-state index in [0.29, 0.717) is 5.82 Å². The van der Waals surface area contributed by atoms with E-state index in [1.54, 1.807) is 25.9 Å². The second-order valence-corrected chi connectivity index (χ2v) is 3.85. The van der Waals surface area contributed by atoms with E-state index >= 15 is 0 Å². The third-order valence-electron chi connectivity index (χ3n) is 2.49. The number of likely N-dealkylation sites (N-methyl/N-ethyl adjacent to an activating group) is 2. The molecule has 1 amide bonds. The summed E-state index contributed by atoms with van der Waals surface area (Å²) in [7, 11) is 3.21. The maximum atomic E-state index is 11.7. The number of hydrogen-bond acceptors (Lipinski definition) is 6. The molecule has 1 rings (SSSR count). The Kier molecular flexibility index (Phi) is 5.11. The zero-order chi connectivity index (χ0) is 14.4. The number of nitrogens with two attached hydrogens (primary N) is 1. The van der Waals surface area contributed by atoms with Gasteiger partial charge in [0.25, 0.3) is 0 Å². The summed E-state index contributed by atoms with van der Waals surface area (Å²) in [6, 6.07) is 1.49. The minimum atomic E-state index is -0.503. The van der Waals surface area contributed by atoms with E-state index in [1.807, 2.05) is 0 Å². The maximum absolute atomic E-state index is 11.7. The standard InChI is InChI=1S/C12H18N4O3/c1-4-19-12(18)8-5-6-15-11(10(8)13)16(3)7-9(17)14-2/h5-6H,4,7,13H2,1-3H3,(H,14,17). The Bertz CT molecular complexity index is 476. The second kappa shape index (κ2) is 6.58. The van der Waals surface area contributed by atoms with Crippen molar-refractivity contribution in [2.75, 3.05) is 37.9 Å². The Morgan fingerprint density at radius 2 is 2.21 bits per heavy atom. The predicted molar refractivity (Wildman–Crippen MR) is 71.9 cm³/mol. The van der Waals surface area contributed by atoms with Crippen LogP contribution in [0.3, 0.4) is 0 Å². The number of aromatic nitrogens is 1. The Morgan fingerprint density at radius 3 is 2.79 bits per heavy atom. The molecule has 0 aliphatic rings. The van der Waals surface area contributed by atoms with Gasteiger partial charge in [-0.25, -0.2) is 9.78 Å². The number of esters is 1. The van der Waals surface area contributed by atoms with Gasteiger partial charge in [0.1, 0.15) is 0 Å². The van der Waals surface area contributed by atoms with Gasteiger partial charge in [0.05, 0.1) is 24.4 Å². The van der Waals surface area contributed by atoms with Crippen molar-refractivity contribution in [2.24, 2.45) is 0 Å². The van der Waals surface area contributed by atoms with Crippen molar-refractivity contribution in [3.05, 3.63) is 17.8 Å². The number of anilines is 2. The molecule has 0 spiro atoms. The summed E-state index contributed by atoms with van der Waals surface area (Å²) in [6.45, 7) is 2.08. The van der Waals surface area contributed by atoms with Gasteiger partial charge in [-0.15, -0.1) is 0 Å². The van der Waals surface area contributed by atoms with Crippen LogP contribution in [0.4, 0.5) is 11.5 Å². The van der Waals surface area contributed by atoms with Gasteiger partial charge in [-0.3, -0.25) is 4.79 Å². The lowest BCUT2D eigenvalue weighted by molar-refractivity contribution is -0.119. The van der Waals surface area contributed by atoms with Gasteiger partial charge in [-0.2, -0.15) is 0 Å². The van der Waals surface area contributed by atoms with Gasteiger partial charge in [0.15, 0.2) is 5.82 Å². The number of ether oxygens (including phenoxy) is 1. The maximum Gasteiger partial charge on any atom is 0.340 e. The molecule has 0 atom stereocenters. The molecule has 1 aromatic heterocycles. The molecule has 19 heavy (non-hydrogen) atoms. The molecule has 0 aliphatic heterocycles. The lowest BCUT2D eigenvalue weighted by atomic mass is 10.2. The third-order valence-corrected chi connectivity index (χ3v) is 2.49. The van der Waals surface area contributed by atoms with Crippen LogP contribution in [-0.4, -0.2) is 44.1 Å². The molecular weight excluding hydrogens is 248 g/mol. The first-order chi connectivity index (χ1) is 9.01. The topological polar surface area (TPSA) is 97.5 Å². The number of amides is 1. The highest BCUT2D eigenvalue weighted by Crippen LogP contribution is 2.23. The minimum absolute atomic E-state index is 0.0972. The van der Waals surface area contributed by atoms with Crippen LogP contribution >= 0.6 is 0 Å². The SMILES string of the molecule is CCOC(=O)c1ccnc(N(C)CC(=O)NC)c1N. The van der Waals surface area contributed by atoms with Crippen LogP contribution in [0.2, 0.25) is 0 Å². The number of nitrogen functional groups attached to an aromatic ring is 1. The molecule has 0 aliphatic carbocycles. The molecule has 0 saturated carbocycles. The minimum Gasteiger partial charge on any atom is -0.462 e. The number of carbonyl (C=O) groups is 2. The Hall–Kier alpha value is -2.31. The van der Waals surface area contributed by atoms with Crippen LogP contribution in [0.15, 0.2) is 12.3 Å². The van der Waals surface area contributed by atoms with E-state index < -0.39 is 5.97 Å². The summed E-state index contributed by atoms with van der Waals surface area (Å²) in [4.78, 5) is 28.7. The van der Waals surface area contributed by atoms with E-state index in [9.17, 15) is 9.59 Å². The van der Waals surface area contributed by atoms with Crippen molar-refractivity contribution in [3.63, 3.8) is 0 Å². The van der Waals surface area contributed by atoms with Crippen LogP contribution in [0.5, 0.6) is 0 Å². The highest BCUT2D eigenvalue weighted by atomic mass is 16.5. The molecule has 7 heteroatoms. The third kappa shape index (κ3) is 3.57. The molecular formula is C12H18N4O3. The molecule has 1 aromatic rings. The van der Waals surface area contributed by atoms with Gasteiger partial charge in [0, 0.05) is 20.3 Å². The largest absolute Gasteiger partial charge is 0.462 e. The van der Waals surface area contributed by atoms with Gasteiger partial charge in [-0.1, -0.05) is 0 Å². The smallest absolute Gasteiger partial charge is 0.340 e. The van der Waals surface area contributed by atoms with Crippen molar-refractivity contribution in [1.29, 1.82) is 0 Å². The average molecular weight is 266 g/mol. The summed E-state index contributed by atoms with van der Waals surface area (Å²) < 4.78 is 4.90. The highest BCUT2D eigenvalue weighted by Gasteiger charge is 2.17. The Morgan fingerprint density at radius 1 is 1.53 bits per heavy atom. The molecule has 0 radical (unpaired) electrons. The highest BCUT2D eigenvalue weighted by molar-refractivity contribution is 5.98. The van der Waals surface area contributed by atoms with Crippen LogP contribution in [0.1, 0.15) is 17.3 Å². The first-order valence-electron chi connectivity index (χ1n) is 5.84. The fraction of sp³-hybridized carbons (Fsp3) is 0.417.